The highest BCUT2D eigenvalue weighted by Gasteiger charge is 2.21. The molecule has 0 amide bonds. The van der Waals surface area contributed by atoms with Crippen molar-refractivity contribution in [1.29, 1.82) is 0 Å². The van der Waals surface area contributed by atoms with Crippen LogP contribution in [0.5, 0.6) is 5.75 Å². The quantitative estimate of drug-likeness (QED) is 0.781. The van der Waals surface area contributed by atoms with Gasteiger partial charge < -0.3 is 4.74 Å². The predicted molar refractivity (Wildman–Crippen MR) is 90.1 cm³/mol. The molecule has 0 aliphatic carbocycles. The second-order valence-electron chi connectivity index (χ2n) is 5.29. The monoisotopic (exact) mass is 334 g/mol. The Hall–Kier alpha value is -1.92. The minimum absolute atomic E-state index is 0.288. The van der Waals surface area contributed by atoms with Gasteiger partial charge in [0.2, 0.25) is 10.0 Å². The van der Waals surface area contributed by atoms with Crippen LogP contribution in [0.2, 0.25) is 0 Å². The van der Waals surface area contributed by atoms with Crippen molar-refractivity contribution in [2.24, 2.45) is 0 Å². The summed E-state index contributed by atoms with van der Waals surface area (Å²) in [6.45, 7) is 4.72. The lowest BCUT2D eigenvalue weighted by Crippen LogP contribution is -2.29. The average molecular weight is 334 g/mol. The maximum absolute atomic E-state index is 12.6. The molecule has 0 unspecified atom stereocenters. The van der Waals surface area contributed by atoms with E-state index in [1.807, 2.05) is 26.0 Å². The van der Waals surface area contributed by atoms with Gasteiger partial charge in [0.25, 0.3) is 0 Å². The summed E-state index contributed by atoms with van der Waals surface area (Å²) in [5.74, 6) is 0.714. The van der Waals surface area contributed by atoms with E-state index in [1.54, 1.807) is 37.6 Å². The fraction of sp³-hybridized carbons (Fsp3) is 0.353. The molecule has 124 valence electrons. The Morgan fingerprint density at radius 3 is 2.48 bits per heavy atom. The summed E-state index contributed by atoms with van der Waals surface area (Å²) in [5.41, 5.74) is 1.88. The van der Waals surface area contributed by atoms with Crippen LogP contribution in [0.1, 0.15) is 18.1 Å². The highest BCUT2D eigenvalue weighted by molar-refractivity contribution is 7.89. The molecule has 0 bridgehead atoms. The number of sulfonamides is 1. The van der Waals surface area contributed by atoms with Crippen LogP contribution in [0.3, 0.4) is 0 Å². The SMILES string of the molecule is CCOc1ccc(S(=O)(=O)N(C)CCc2ccncc2)cc1C. The predicted octanol–water partition coefficient (Wildman–Crippen LogP) is 2.65. The molecule has 2 rings (SSSR count). The average Bonchev–Trinajstić information content (AvgIpc) is 2.55. The minimum Gasteiger partial charge on any atom is -0.494 e. The molecular weight excluding hydrogens is 312 g/mol. The number of benzene rings is 1. The number of likely N-dealkylation sites (N-methyl/N-ethyl adjacent to an activating group) is 1. The van der Waals surface area contributed by atoms with Crippen LogP contribution in [0, 0.1) is 6.92 Å². The van der Waals surface area contributed by atoms with E-state index in [1.165, 1.54) is 4.31 Å². The summed E-state index contributed by atoms with van der Waals surface area (Å²) in [6.07, 6.45) is 4.06. The summed E-state index contributed by atoms with van der Waals surface area (Å²) in [5, 5.41) is 0. The third-order valence-corrected chi connectivity index (χ3v) is 5.47. The number of hydrogen-bond acceptors (Lipinski definition) is 4. The molecule has 0 aliphatic rings. The van der Waals surface area contributed by atoms with Gasteiger partial charge in [0.15, 0.2) is 0 Å². The molecule has 0 radical (unpaired) electrons. The van der Waals surface area contributed by atoms with E-state index < -0.39 is 10.0 Å². The first kappa shape index (κ1) is 17.4. The zero-order chi connectivity index (χ0) is 16.9. The third-order valence-electron chi connectivity index (χ3n) is 3.62. The van der Waals surface area contributed by atoms with Crippen LogP contribution in [-0.4, -0.2) is 37.9 Å². The minimum atomic E-state index is -3.50. The molecule has 0 spiro atoms. The van der Waals surface area contributed by atoms with E-state index in [4.69, 9.17) is 4.74 Å². The maximum atomic E-state index is 12.6. The number of rotatable bonds is 7. The Labute approximate surface area is 138 Å². The zero-order valence-electron chi connectivity index (χ0n) is 13.7. The van der Waals surface area contributed by atoms with Gasteiger partial charge >= 0.3 is 0 Å². The van der Waals surface area contributed by atoms with Crippen LogP contribution in [0.4, 0.5) is 0 Å². The molecule has 1 aromatic heterocycles. The highest BCUT2D eigenvalue weighted by Crippen LogP contribution is 2.23. The van der Waals surface area contributed by atoms with E-state index in [0.717, 1.165) is 11.1 Å². The number of ether oxygens (including phenoxy) is 1. The largest absolute Gasteiger partial charge is 0.494 e. The van der Waals surface area contributed by atoms with Crippen LogP contribution in [-0.2, 0) is 16.4 Å². The summed E-state index contributed by atoms with van der Waals surface area (Å²) >= 11 is 0. The fourth-order valence-electron chi connectivity index (χ4n) is 2.24. The Balaban J connectivity index is 2.12. The van der Waals surface area contributed by atoms with E-state index in [-0.39, 0.29) is 4.90 Å². The Morgan fingerprint density at radius 2 is 1.87 bits per heavy atom. The standard InChI is InChI=1S/C17H22N2O3S/c1-4-22-17-6-5-16(13-14(17)2)23(20,21)19(3)12-9-15-7-10-18-11-8-15/h5-8,10-11,13H,4,9,12H2,1-3H3. The van der Waals surface area contributed by atoms with E-state index in [2.05, 4.69) is 4.98 Å². The molecule has 1 aromatic carbocycles. The van der Waals surface area contributed by atoms with Gasteiger partial charge in [-0.15, -0.1) is 0 Å². The van der Waals surface area contributed by atoms with E-state index in [9.17, 15) is 8.42 Å². The summed E-state index contributed by atoms with van der Waals surface area (Å²) < 4.78 is 32.1. The normalized spacial score (nSPS) is 11.7. The first-order valence-electron chi connectivity index (χ1n) is 7.54. The smallest absolute Gasteiger partial charge is 0.242 e. The molecule has 6 heteroatoms. The van der Waals surface area contributed by atoms with Gasteiger partial charge in [0.1, 0.15) is 5.75 Å². The molecular formula is C17H22N2O3S. The van der Waals surface area contributed by atoms with Crippen molar-refractivity contribution in [1.82, 2.24) is 9.29 Å². The number of aromatic nitrogens is 1. The number of nitrogens with zero attached hydrogens (tertiary/aromatic N) is 2. The van der Waals surface area contributed by atoms with Crippen LogP contribution in [0.25, 0.3) is 0 Å². The van der Waals surface area contributed by atoms with Gasteiger partial charge in [-0.3, -0.25) is 4.98 Å². The van der Waals surface area contributed by atoms with Crippen LogP contribution >= 0.6 is 0 Å². The molecule has 1 heterocycles. The van der Waals surface area contributed by atoms with Gasteiger partial charge in [0, 0.05) is 26.0 Å². The maximum Gasteiger partial charge on any atom is 0.242 e. The number of pyridine rings is 1. The lowest BCUT2D eigenvalue weighted by molar-refractivity contribution is 0.337. The van der Waals surface area contributed by atoms with E-state index >= 15 is 0 Å². The van der Waals surface area contributed by atoms with Crippen molar-refractivity contribution in [3.8, 4) is 5.75 Å². The third kappa shape index (κ3) is 4.30. The van der Waals surface area contributed by atoms with Crippen LogP contribution in [0.15, 0.2) is 47.6 Å². The molecule has 0 saturated heterocycles. The number of hydrogen-bond donors (Lipinski definition) is 0. The molecule has 5 nitrogen and oxygen atoms in total. The van der Waals surface area contributed by atoms with Gasteiger partial charge in [-0.2, -0.15) is 0 Å². The molecule has 0 atom stereocenters. The van der Waals surface area contributed by atoms with Crippen molar-refractivity contribution in [3.05, 3.63) is 53.9 Å². The summed E-state index contributed by atoms with van der Waals surface area (Å²) in [6, 6.07) is 8.74. The molecule has 0 fully saturated rings. The van der Waals surface area contributed by atoms with E-state index in [0.29, 0.717) is 25.3 Å². The summed E-state index contributed by atoms with van der Waals surface area (Å²) in [4.78, 5) is 4.25. The van der Waals surface area contributed by atoms with Crippen molar-refractivity contribution in [2.75, 3.05) is 20.2 Å². The second kappa shape index (κ2) is 7.57. The fourth-order valence-corrected chi connectivity index (χ4v) is 3.49. The van der Waals surface area contributed by atoms with Gasteiger partial charge in [-0.05, 0) is 61.7 Å². The lowest BCUT2D eigenvalue weighted by atomic mass is 10.2. The van der Waals surface area contributed by atoms with Crippen molar-refractivity contribution in [2.45, 2.75) is 25.2 Å². The topological polar surface area (TPSA) is 59.5 Å². The molecule has 0 aliphatic heterocycles. The van der Waals surface area contributed by atoms with Gasteiger partial charge in [-0.25, -0.2) is 12.7 Å². The number of aryl methyl sites for hydroxylation is 1. The Kier molecular flexibility index (Phi) is 5.74. The molecule has 23 heavy (non-hydrogen) atoms. The Bertz CT molecular complexity index is 746. The van der Waals surface area contributed by atoms with Crippen molar-refractivity contribution >= 4 is 10.0 Å². The van der Waals surface area contributed by atoms with Gasteiger partial charge in [0.05, 0.1) is 11.5 Å². The summed E-state index contributed by atoms with van der Waals surface area (Å²) in [7, 11) is -1.90. The van der Waals surface area contributed by atoms with Crippen LogP contribution < -0.4 is 4.74 Å². The Morgan fingerprint density at radius 1 is 1.17 bits per heavy atom. The lowest BCUT2D eigenvalue weighted by Gasteiger charge is -2.18. The highest BCUT2D eigenvalue weighted by atomic mass is 32.2. The van der Waals surface area contributed by atoms with Crippen molar-refractivity contribution in [3.63, 3.8) is 0 Å². The first-order valence-corrected chi connectivity index (χ1v) is 8.98. The molecule has 0 N–H and O–H groups in total. The van der Waals surface area contributed by atoms with Crippen molar-refractivity contribution < 1.29 is 13.2 Å². The first-order chi connectivity index (χ1) is 10.9. The van der Waals surface area contributed by atoms with Gasteiger partial charge in [-0.1, -0.05) is 0 Å². The zero-order valence-corrected chi connectivity index (χ0v) is 14.5. The molecule has 0 saturated carbocycles. The molecule has 2 aromatic rings. The second-order valence-corrected chi connectivity index (χ2v) is 7.34.